The molecule has 0 aliphatic carbocycles. The predicted molar refractivity (Wildman–Crippen MR) is 133 cm³/mol. The molecule has 2 aliphatic rings. The molecule has 1 atom stereocenters. The van der Waals surface area contributed by atoms with Crippen molar-refractivity contribution in [3.8, 4) is 28.5 Å². The highest BCUT2D eigenvalue weighted by atomic mass is 16.7. The molecule has 0 spiro atoms. The second-order valence-corrected chi connectivity index (χ2v) is 9.03. The van der Waals surface area contributed by atoms with Crippen molar-refractivity contribution in [1.82, 2.24) is 25.2 Å². The Bertz CT molecular complexity index is 1270. The SMILES string of the molecule is CCCCOc1ccc2c(c1-c1ncnc3c(C(=O)NC4CCCN(C(=O)CC)C4)c[nH]c13)OCO2. The van der Waals surface area contributed by atoms with E-state index in [1.54, 1.807) is 6.20 Å². The average Bonchev–Trinajstić information content (AvgIpc) is 3.56. The molecule has 2 aromatic heterocycles. The van der Waals surface area contributed by atoms with Gasteiger partial charge in [0.25, 0.3) is 5.91 Å². The van der Waals surface area contributed by atoms with E-state index in [1.807, 2.05) is 24.0 Å². The van der Waals surface area contributed by atoms with Gasteiger partial charge >= 0.3 is 0 Å². The Hall–Kier alpha value is -3.82. The van der Waals surface area contributed by atoms with E-state index in [2.05, 4.69) is 27.2 Å². The van der Waals surface area contributed by atoms with Crippen LogP contribution < -0.4 is 19.5 Å². The number of ether oxygens (including phenoxy) is 3. The first-order valence-electron chi connectivity index (χ1n) is 12.6. The summed E-state index contributed by atoms with van der Waals surface area (Å²) in [4.78, 5) is 39.3. The number of fused-ring (bicyclic) bond motifs is 2. The van der Waals surface area contributed by atoms with Crippen LogP contribution in [0.5, 0.6) is 17.2 Å². The van der Waals surface area contributed by atoms with Crippen LogP contribution in [0.2, 0.25) is 0 Å². The first kappa shape index (κ1) is 23.9. The smallest absolute Gasteiger partial charge is 0.255 e. The van der Waals surface area contributed by atoms with Crippen molar-refractivity contribution in [2.75, 3.05) is 26.5 Å². The summed E-state index contributed by atoms with van der Waals surface area (Å²) in [6, 6.07) is 3.58. The number of hydrogen-bond donors (Lipinski definition) is 2. The molecule has 2 amide bonds. The van der Waals surface area contributed by atoms with Crippen LogP contribution in [-0.2, 0) is 4.79 Å². The lowest BCUT2D eigenvalue weighted by atomic mass is 10.0. The van der Waals surface area contributed by atoms with E-state index >= 15 is 0 Å². The van der Waals surface area contributed by atoms with Crippen molar-refractivity contribution in [1.29, 1.82) is 0 Å². The molecule has 10 heteroatoms. The number of nitrogens with zero attached hydrogens (tertiary/aromatic N) is 3. The molecule has 2 aliphatic heterocycles. The van der Waals surface area contributed by atoms with Gasteiger partial charge in [0.15, 0.2) is 11.5 Å². The molecule has 5 rings (SSSR count). The number of hydrogen-bond acceptors (Lipinski definition) is 7. The van der Waals surface area contributed by atoms with E-state index in [4.69, 9.17) is 14.2 Å². The van der Waals surface area contributed by atoms with E-state index in [9.17, 15) is 9.59 Å². The molecular weight excluding hydrogens is 462 g/mol. The number of rotatable bonds is 8. The number of piperidine rings is 1. The fourth-order valence-electron chi connectivity index (χ4n) is 4.74. The standard InChI is InChI=1S/C26H31N5O5/c1-3-5-11-34-18-8-9-19-25(36-15-35-19)21(18)23-24-22(28-14-29-23)17(12-27-24)26(33)30-16-7-6-10-31(13-16)20(32)4-2/h8-9,12,14,16,27H,3-7,10-11,13,15H2,1-2H3,(H,30,33). The molecule has 36 heavy (non-hydrogen) atoms. The van der Waals surface area contributed by atoms with Crippen molar-refractivity contribution in [2.45, 2.75) is 52.0 Å². The number of likely N-dealkylation sites (tertiary alicyclic amines) is 1. The predicted octanol–water partition coefficient (Wildman–Crippen LogP) is 3.66. The maximum Gasteiger partial charge on any atom is 0.255 e. The van der Waals surface area contributed by atoms with Crippen LogP contribution in [0.4, 0.5) is 0 Å². The molecule has 3 aromatic rings. The summed E-state index contributed by atoms with van der Waals surface area (Å²) in [5.41, 5.74) is 2.78. The van der Waals surface area contributed by atoms with Gasteiger partial charge in [-0.25, -0.2) is 9.97 Å². The van der Waals surface area contributed by atoms with Gasteiger partial charge in [-0.2, -0.15) is 0 Å². The molecule has 1 fully saturated rings. The fourth-order valence-corrected chi connectivity index (χ4v) is 4.74. The van der Waals surface area contributed by atoms with E-state index in [0.717, 1.165) is 32.2 Å². The summed E-state index contributed by atoms with van der Waals surface area (Å²) < 4.78 is 17.5. The topological polar surface area (TPSA) is 119 Å². The number of unbranched alkanes of at least 4 members (excludes halogenated alkanes) is 1. The molecule has 1 aromatic carbocycles. The van der Waals surface area contributed by atoms with Crippen LogP contribution >= 0.6 is 0 Å². The largest absolute Gasteiger partial charge is 0.493 e. The van der Waals surface area contributed by atoms with Gasteiger partial charge in [-0.3, -0.25) is 9.59 Å². The zero-order chi connectivity index (χ0) is 25.1. The van der Waals surface area contributed by atoms with E-state index in [0.29, 0.717) is 64.7 Å². The Kier molecular flexibility index (Phi) is 6.92. The molecule has 0 radical (unpaired) electrons. The monoisotopic (exact) mass is 493 g/mol. The van der Waals surface area contributed by atoms with Gasteiger partial charge in [0.2, 0.25) is 12.7 Å². The Balaban J connectivity index is 1.45. The van der Waals surface area contributed by atoms with Gasteiger partial charge in [0.1, 0.15) is 23.3 Å². The fraction of sp³-hybridized carbons (Fsp3) is 0.462. The highest BCUT2D eigenvalue weighted by Crippen LogP contribution is 2.47. The molecular formula is C26H31N5O5. The lowest BCUT2D eigenvalue weighted by Gasteiger charge is -2.33. The second kappa shape index (κ2) is 10.4. The number of aromatic amines is 1. The molecule has 0 bridgehead atoms. The minimum absolute atomic E-state index is 0.102. The maximum absolute atomic E-state index is 13.2. The van der Waals surface area contributed by atoms with Crippen LogP contribution in [0.15, 0.2) is 24.7 Å². The molecule has 2 N–H and O–H groups in total. The number of aromatic nitrogens is 3. The highest BCUT2D eigenvalue weighted by molar-refractivity contribution is 6.08. The summed E-state index contributed by atoms with van der Waals surface area (Å²) in [5, 5.41) is 3.09. The minimum atomic E-state index is -0.237. The van der Waals surface area contributed by atoms with Crippen LogP contribution in [0.25, 0.3) is 22.3 Å². The van der Waals surface area contributed by atoms with Gasteiger partial charge in [-0.1, -0.05) is 20.3 Å². The Morgan fingerprint density at radius 2 is 2.14 bits per heavy atom. The molecule has 190 valence electrons. The number of carbonyl (C=O) groups excluding carboxylic acids is 2. The third-order valence-corrected chi connectivity index (χ3v) is 6.61. The minimum Gasteiger partial charge on any atom is -0.493 e. The zero-order valence-corrected chi connectivity index (χ0v) is 20.6. The van der Waals surface area contributed by atoms with Crippen molar-refractivity contribution in [2.24, 2.45) is 0 Å². The van der Waals surface area contributed by atoms with Gasteiger partial charge in [-0.05, 0) is 31.4 Å². The van der Waals surface area contributed by atoms with Crippen LogP contribution in [0.1, 0.15) is 56.3 Å². The third-order valence-electron chi connectivity index (χ3n) is 6.61. The van der Waals surface area contributed by atoms with Crippen LogP contribution in [0, 0.1) is 0 Å². The first-order chi connectivity index (χ1) is 17.6. The number of benzene rings is 1. The Morgan fingerprint density at radius 3 is 2.97 bits per heavy atom. The normalized spacial score (nSPS) is 16.8. The average molecular weight is 494 g/mol. The molecule has 10 nitrogen and oxygen atoms in total. The number of amides is 2. The van der Waals surface area contributed by atoms with Crippen molar-refractivity contribution in [3.05, 3.63) is 30.2 Å². The van der Waals surface area contributed by atoms with Gasteiger partial charge < -0.3 is 29.4 Å². The quantitative estimate of drug-likeness (QED) is 0.460. The number of nitrogens with one attached hydrogen (secondary N) is 2. The summed E-state index contributed by atoms with van der Waals surface area (Å²) >= 11 is 0. The second-order valence-electron chi connectivity index (χ2n) is 9.03. The summed E-state index contributed by atoms with van der Waals surface area (Å²) in [7, 11) is 0. The molecule has 0 saturated carbocycles. The van der Waals surface area contributed by atoms with E-state index < -0.39 is 0 Å². The Morgan fingerprint density at radius 1 is 1.25 bits per heavy atom. The van der Waals surface area contributed by atoms with Gasteiger partial charge in [0, 0.05) is 31.7 Å². The third kappa shape index (κ3) is 4.55. The number of carbonyl (C=O) groups is 2. The first-order valence-corrected chi connectivity index (χ1v) is 12.6. The zero-order valence-electron chi connectivity index (χ0n) is 20.6. The summed E-state index contributed by atoms with van der Waals surface area (Å²) in [6.45, 7) is 5.90. The van der Waals surface area contributed by atoms with Gasteiger partial charge in [0.05, 0.1) is 23.3 Å². The van der Waals surface area contributed by atoms with Gasteiger partial charge in [-0.15, -0.1) is 0 Å². The van der Waals surface area contributed by atoms with E-state index in [-0.39, 0.29) is 24.6 Å². The van der Waals surface area contributed by atoms with E-state index in [1.165, 1.54) is 6.33 Å². The van der Waals surface area contributed by atoms with Crippen molar-refractivity contribution >= 4 is 22.8 Å². The summed E-state index contributed by atoms with van der Waals surface area (Å²) in [5.74, 6) is 1.69. The van der Waals surface area contributed by atoms with Crippen molar-refractivity contribution < 1.29 is 23.8 Å². The molecule has 4 heterocycles. The lowest BCUT2D eigenvalue weighted by Crippen LogP contribution is -2.49. The molecule has 1 unspecified atom stereocenters. The Labute approximate surface area is 209 Å². The highest BCUT2D eigenvalue weighted by Gasteiger charge is 2.28. The maximum atomic E-state index is 13.2. The van der Waals surface area contributed by atoms with Crippen molar-refractivity contribution in [3.63, 3.8) is 0 Å². The molecule has 1 saturated heterocycles. The van der Waals surface area contributed by atoms with Crippen LogP contribution in [0.3, 0.4) is 0 Å². The lowest BCUT2D eigenvalue weighted by molar-refractivity contribution is -0.132. The summed E-state index contributed by atoms with van der Waals surface area (Å²) in [6.07, 6.45) is 7.17. The van der Waals surface area contributed by atoms with Crippen LogP contribution in [-0.4, -0.2) is 64.2 Å². The number of H-pyrrole nitrogens is 1.